The summed E-state index contributed by atoms with van der Waals surface area (Å²) in [6.07, 6.45) is 56.6. The second kappa shape index (κ2) is 52.8. The molecule has 0 rings (SSSR count). The summed E-state index contributed by atoms with van der Waals surface area (Å²) >= 11 is 0. The molecule has 0 saturated carbocycles. The van der Waals surface area contributed by atoms with Crippen LogP contribution in [0.3, 0.4) is 0 Å². The summed E-state index contributed by atoms with van der Waals surface area (Å²) in [7, 11) is 0. The van der Waals surface area contributed by atoms with Crippen LogP contribution in [0.1, 0.15) is 336 Å². The standard InChI is InChI=1S/C60H116O6/c1-6-7-8-9-10-11-12-18-27-32-37-42-47-52-60(63)66-57(54-65-59(62)51-46-41-36-31-26-22-17-20-24-29-34-39-44-49-56(4)5)53-64-58(61)50-45-40-35-30-25-21-16-14-13-15-19-23-28-33-38-43-48-55(2)3/h55-57H,6-54H2,1-5H3/t57-/m1/s1. The van der Waals surface area contributed by atoms with Crippen LogP contribution in [0.2, 0.25) is 0 Å². The molecule has 0 fully saturated rings. The van der Waals surface area contributed by atoms with Crippen LogP contribution in [0, 0.1) is 11.8 Å². The van der Waals surface area contributed by atoms with E-state index in [-0.39, 0.29) is 31.1 Å². The van der Waals surface area contributed by atoms with Gasteiger partial charge in [-0.2, -0.15) is 0 Å². The van der Waals surface area contributed by atoms with Crippen LogP contribution < -0.4 is 0 Å². The molecule has 1 atom stereocenters. The van der Waals surface area contributed by atoms with Crippen molar-refractivity contribution in [3.8, 4) is 0 Å². The van der Waals surface area contributed by atoms with Crippen molar-refractivity contribution in [2.24, 2.45) is 11.8 Å². The van der Waals surface area contributed by atoms with Gasteiger partial charge in [0.15, 0.2) is 6.10 Å². The Bertz CT molecular complexity index is 1010. The second-order valence-electron chi connectivity index (χ2n) is 21.6. The smallest absolute Gasteiger partial charge is 0.306 e. The zero-order chi connectivity index (χ0) is 48.2. The number of unbranched alkanes of at least 4 members (excludes halogenated alkanes) is 39. The fourth-order valence-corrected chi connectivity index (χ4v) is 9.23. The van der Waals surface area contributed by atoms with Crippen molar-refractivity contribution in [1.82, 2.24) is 0 Å². The Labute approximate surface area is 412 Å². The van der Waals surface area contributed by atoms with Gasteiger partial charge in [-0.1, -0.05) is 298 Å². The van der Waals surface area contributed by atoms with E-state index >= 15 is 0 Å². The molecule has 0 amide bonds. The van der Waals surface area contributed by atoms with Crippen molar-refractivity contribution in [3.05, 3.63) is 0 Å². The van der Waals surface area contributed by atoms with Crippen molar-refractivity contribution in [2.75, 3.05) is 13.2 Å². The monoisotopic (exact) mass is 933 g/mol. The van der Waals surface area contributed by atoms with Crippen LogP contribution in [0.4, 0.5) is 0 Å². The van der Waals surface area contributed by atoms with Gasteiger partial charge in [-0.25, -0.2) is 0 Å². The first-order chi connectivity index (χ1) is 32.2. The Morgan fingerprint density at radius 1 is 0.288 bits per heavy atom. The quantitative estimate of drug-likeness (QED) is 0.0343. The van der Waals surface area contributed by atoms with Crippen molar-refractivity contribution >= 4 is 17.9 Å². The maximum atomic E-state index is 12.8. The fourth-order valence-electron chi connectivity index (χ4n) is 9.23. The lowest BCUT2D eigenvalue weighted by atomic mass is 10.0. The van der Waals surface area contributed by atoms with Gasteiger partial charge >= 0.3 is 17.9 Å². The van der Waals surface area contributed by atoms with Crippen molar-refractivity contribution in [3.63, 3.8) is 0 Å². The third-order valence-corrected chi connectivity index (χ3v) is 13.7. The van der Waals surface area contributed by atoms with E-state index < -0.39 is 6.10 Å². The Morgan fingerprint density at radius 2 is 0.500 bits per heavy atom. The Balaban J connectivity index is 4.26. The predicted molar refractivity (Wildman–Crippen MR) is 284 cm³/mol. The summed E-state index contributed by atoms with van der Waals surface area (Å²) in [6, 6.07) is 0. The largest absolute Gasteiger partial charge is 0.462 e. The molecule has 0 aliphatic rings. The van der Waals surface area contributed by atoms with Gasteiger partial charge in [-0.15, -0.1) is 0 Å². The van der Waals surface area contributed by atoms with Crippen LogP contribution in [0.15, 0.2) is 0 Å². The van der Waals surface area contributed by atoms with E-state index in [1.54, 1.807) is 0 Å². The summed E-state index contributed by atoms with van der Waals surface area (Å²) in [5.74, 6) is 0.856. The number of hydrogen-bond acceptors (Lipinski definition) is 6. The van der Waals surface area contributed by atoms with Crippen LogP contribution >= 0.6 is 0 Å². The van der Waals surface area contributed by atoms with E-state index in [1.807, 2.05) is 0 Å². The second-order valence-corrected chi connectivity index (χ2v) is 21.6. The van der Waals surface area contributed by atoms with Gasteiger partial charge < -0.3 is 14.2 Å². The molecule has 66 heavy (non-hydrogen) atoms. The SMILES string of the molecule is CCCCCCCCCCCCCCCC(=O)O[C@H](COC(=O)CCCCCCCCCCCCCCCCCCC(C)C)COC(=O)CCCCCCCCCCCCCCCC(C)C. The first-order valence-electron chi connectivity index (χ1n) is 29.7. The molecule has 0 spiro atoms. The first kappa shape index (κ1) is 64.4. The van der Waals surface area contributed by atoms with E-state index in [9.17, 15) is 14.4 Å². The Kier molecular flexibility index (Phi) is 51.5. The first-order valence-corrected chi connectivity index (χ1v) is 29.7. The molecule has 0 radical (unpaired) electrons. The highest BCUT2D eigenvalue weighted by Crippen LogP contribution is 2.18. The molecule has 0 unspecified atom stereocenters. The summed E-state index contributed by atoms with van der Waals surface area (Å²) in [6.45, 7) is 11.4. The lowest BCUT2D eigenvalue weighted by molar-refractivity contribution is -0.167. The van der Waals surface area contributed by atoms with E-state index in [0.717, 1.165) is 69.6 Å². The lowest BCUT2D eigenvalue weighted by Crippen LogP contribution is -2.30. The number of ether oxygens (including phenoxy) is 3. The average Bonchev–Trinajstić information content (AvgIpc) is 3.29. The number of carbonyl (C=O) groups excluding carboxylic acids is 3. The summed E-state index contributed by atoms with van der Waals surface area (Å²) in [4.78, 5) is 38.2. The van der Waals surface area contributed by atoms with E-state index in [4.69, 9.17) is 14.2 Å². The molecule has 6 heteroatoms. The molecular weight excluding hydrogens is 817 g/mol. The molecule has 0 aromatic heterocycles. The van der Waals surface area contributed by atoms with Gasteiger partial charge in [-0.3, -0.25) is 14.4 Å². The minimum atomic E-state index is -0.762. The number of carbonyl (C=O) groups is 3. The molecule has 0 aromatic rings. The molecule has 392 valence electrons. The molecular formula is C60H116O6. The van der Waals surface area contributed by atoms with Crippen molar-refractivity contribution in [1.29, 1.82) is 0 Å². The minimum Gasteiger partial charge on any atom is -0.462 e. The van der Waals surface area contributed by atoms with Gasteiger partial charge in [0, 0.05) is 19.3 Å². The Morgan fingerprint density at radius 3 is 0.742 bits per heavy atom. The fraction of sp³-hybridized carbons (Fsp3) is 0.950. The molecule has 0 saturated heterocycles. The highest BCUT2D eigenvalue weighted by Gasteiger charge is 2.19. The Hall–Kier alpha value is -1.59. The maximum Gasteiger partial charge on any atom is 0.306 e. The highest BCUT2D eigenvalue weighted by molar-refractivity contribution is 5.71. The molecule has 0 heterocycles. The summed E-state index contributed by atoms with van der Waals surface area (Å²) in [5, 5.41) is 0. The molecule has 6 nitrogen and oxygen atoms in total. The number of rotatable bonds is 54. The minimum absolute atomic E-state index is 0.0623. The summed E-state index contributed by atoms with van der Waals surface area (Å²) < 4.78 is 16.9. The topological polar surface area (TPSA) is 78.9 Å². The third kappa shape index (κ3) is 53.4. The van der Waals surface area contributed by atoms with Crippen LogP contribution in [-0.2, 0) is 28.6 Å². The zero-order valence-electron chi connectivity index (χ0n) is 45.3. The van der Waals surface area contributed by atoms with Crippen molar-refractivity contribution < 1.29 is 28.6 Å². The molecule has 0 aliphatic heterocycles. The number of esters is 3. The third-order valence-electron chi connectivity index (χ3n) is 13.7. The van der Waals surface area contributed by atoms with Gasteiger partial charge in [0.05, 0.1) is 0 Å². The zero-order valence-corrected chi connectivity index (χ0v) is 45.3. The number of hydrogen-bond donors (Lipinski definition) is 0. The summed E-state index contributed by atoms with van der Waals surface area (Å²) in [5.41, 5.74) is 0. The normalized spacial score (nSPS) is 12.0. The van der Waals surface area contributed by atoms with E-state index in [2.05, 4.69) is 34.6 Å². The predicted octanol–water partition coefficient (Wildman–Crippen LogP) is 19.7. The van der Waals surface area contributed by atoms with Crippen LogP contribution in [0.25, 0.3) is 0 Å². The van der Waals surface area contributed by atoms with Gasteiger partial charge in [0.1, 0.15) is 13.2 Å². The maximum absolute atomic E-state index is 12.8. The van der Waals surface area contributed by atoms with Gasteiger partial charge in [-0.05, 0) is 31.1 Å². The molecule has 0 bridgehead atoms. The molecule has 0 aliphatic carbocycles. The average molecular weight is 934 g/mol. The molecule has 0 N–H and O–H groups in total. The van der Waals surface area contributed by atoms with E-state index in [1.165, 1.54) is 225 Å². The van der Waals surface area contributed by atoms with Gasteiger partial charge in [0.25, 0.3) is 0 Å². The van der Waals surface area contributed by atoms with Gasteiger partial charge in [0.2, 0.25) is 0 Å². The lowest BCUT2D eigenvalue weighted by Gasteiger charge is -2.18. The van der Waals surface area contributed by atoms with Crippen molar-refractivity contribution in [2.45, 2.75) is 343 Å². The molecule has 0 aromatic carbocycles. The van der Waals surface area contributed by atoms with Crippen LogP contribution in [0.5, 0.6) is 0 Å². The van der Waals surface area contributed by atoms with E-state index in [0.29, 0.717) is 19.3 Å². The van der Waals surface area contributed by atoms with Crippen LogP contribution in [-0.4, -0.2) is 37.2 Å². The highest BCUT2D eigenvalue weighted by atomic mass is 16.6.